The van der Waals surface area contributed by atoms with E-state index >= 15 is 0 Å². The highest BCUT2D eigenvalue weighted by Crippen LogP contribution is 2.39. The largest absolute Gasteiger partial charge is 0.330 e. The van der Waals surface area contributed by atoms with E-state index in [0.717, 1.165) is 12.8 Å². The molecule has 0 bridgehead atoms. The Labute approximate surface area is 268 Å². The average Bonchev–Trinajstić information content (AvgIpc) is 2.97. The van der Waals surface area contributed by atoms with E-state index in [1.807, 2.05) is 27.2 Å². The van der Waals surface area contributed by atoms with Crippen LogP contribution < -0.4 is 18.9 Å². The van der Waals surface area contributed by atoms with Crippen LogP contribution in [0.3, 0.4) is 0 Å². The molecule has 0 aliphatic rings. The molecule has 0 aromatic heterocycles. The normalized spacial score (nSPS) is 13.3. The van der Waals surface area contributed by atoms with Crippen LogP contribution in [0.1, 0.15) is 96.8 Å². The minimum atomic E-state index is -5.69. The molecule has 0 radical (unpaired) electrons. The Morgan fingerprint density at radius 1 is 0.511 bits per heavy atom. The van der Waals surface area contributed by atoms with Gasteiger partial charge in [0, 0.05) is 51.9 Å². The van der Waals surface area contributed by atoms with Crippen LogP contribution in [0.25, 0.3) is 0 Å². The maximum Gasteiger partial charge on any atom is 0.330 e. The first-order valence-corrected chi connectivity index (χ1v) is 20.6. The Morgan fingerprint density at radius 2 is 0.844 bits per heavy atom. The second-order valence-corrected chi connectivity index (χ2v) is 18.5. The van der Waals surface area contributed by atoms with Gasteiger partial charge in [0.25, 0.3) is 30.1 Å². The average molecular weight is 713 g/mol. The first-order chi connectivity index (χ1) is 21.2. The zero-order valence-electron chi connectivity index (χ0n) is 25.5. The number of nitriles is 4. The van der Waals surface area contributed by atoms with Gasteiger partial charge in [-0.05, 0) is 32.1 Å². The summed E-state index contributed by atoms with van der Waals surface area (Å²) in [6.45, 7) is -0.221. The number of unbranched alkanes of at least 4 members (excludes halogenated alkanes) is 8. The van der Waals surface area contributed by atoms with Crippen molar-refractivity contribution in [3.05, 3.63) is 0 Å². The van der Waals surface area contributed by atoms with Crippen molar-refractivity contribution in [3.8, 4) is 24.3 Å². The summed E-state index contributed by atoms with van der Waals surface area (Å²) in [5.41, 5.74) is 0. The van der Waals surface area contributed by atoms with E-state index in [-0.39, 0.29) is 57.8 Å². The molecule has 0 aliphatic carbocycles. The van der Waals surface area contributed by atoms with Crippen LogP contribution in [0.4, 0.5) is 0 Å². The molecular formula is C25H44N8O8S4. The van der Waals surface area contributed by atoms with E-state index in [4.69, 9.17) is 21.0 Å². The monoisotopic (exact) mass is 712 g/mol. The maximum absolute atomic E-state index is 14.2. The van der Waals surface area contributed by atoms with Gasteiger partial charge in [0.05, 0.1) is 24.3 Å². The molecule has 0 spiro atoms. The molecule has 0 amide bonds. The molecule has 20 heteroatoms. The highest BCUT2D eigenvalue weighted by Gasteiger charge is 2.72. The molecule has 0 rings (SSSR count). The lowest BCUT2D eigenvalue weighted by atomic mass is 10.1. The Hall–Kier alpha value is -2.40. The van der Waals surface area contributed by atoms with Crippen molar-refractivity contribution in [3.63, 3.8) is 0 Å². The molecule has 0 saturated carbocycles. The van der Waals surface area contributed by atoms with Crippen molar-refractivity contribution in [2.75, 3.05) is 26.2 Å². The highest BCUT2D eigenvalue weighted by atomic mass is 32.3. The predicted octanol–water partition coefficient (Wildman–Crippen LogP) is 1.26. The standard InChI is InChI=1S/C25H44N8O8S4/c1-2-3-4-5-6-15-24(42(34,35)30-20-11-7-16-26)25(43(36,37)31-21-12-8-17-27,44(38,39)32-22-13-9-18-28)45(40,41)33-23-14-10-19-29/h24,30-33H,2-15,20-23H2,1H3. The third-order valence-corrected chi connectivity index (χ3v) is 17.7. The highest BCUT2D eigenvalue weighted by molar-refractivity contribution is 8.25. The second kappa shape index (κ2) is 21.4. The summed E-state index contributed by atoms with van der Waals surface area (Å²) >= 11 is 0. The van der Waals surface area contributed by atoms with Crippen molar-refractivity contribution >= 4 is 40.1 Å². The SMILES string of the molecule is CCCCCCCC(C(S(=O)(=O)NCCCC#N)(S(=O)(=O)NCCCC#N)S(=O)(=O)NCCCC#N)S(=O)(=O)NCCCC#N. The summed E-state index contributed by atoms with van der Waals surface area (Å²) in [5, 5.41) is 32.9. The summed E-state index contributed by atoms with van der Waals surface area (Å²) < 4.78 is 117. The van der Waals surface area contributed by atoms with Gasteiger partial charge < -0.3 is 0 Å². The van der Waals surface area contributed by atoms with Crippen LogP contribution in [-0.2, 0) is 40.1 Å². The number of sulfonamides is 4. The van der Waals surface area contributed by atoms with E-state index in [9.17, 15) is 33.7 Å². The zero-order valence-corrected chi connectivity index (χ0v) is 28.8. The fraction of sp³-hybridized carbons (Fsp3) is 0.840. The molecule has 0 aromatic carbocycles. The van der Waals surface area contributed by atoms with Crippen LogP contribution >= 0.6 is 0 Å². The Morgan fingerprint density at radius 3 is 1.18 bits per heavy atom. The first kappa shape index (κ1) is 42.6. The first-order valence-electron chi connectivity index (χ1n) is 14.6. The summed E-state index contributed by atoms with van der Waals surface area (Å²) in [7, 11) is -22.2. The lowest BCUT2D eigenvalue weighted by Crippen LogP contribution is -2.71. The zero-order chi connectivity index (χ0) is 34.5. The number of rotatable bonds is 27. The molecule has 256 valence electrons. The van der Waals surface area contributed by atoms with Crippen LogP contribution in [-0.4, -0.2) is 68.5 Å². The summed E-state index contributed by atoms with van der Waals surface area (Å²) in [6.07, 6.45) is 0.657. The van der Waals surface area contributed by atoms with Gasteiger partial charge in [-0.3, -0.25) is 0 Å². The van der Waals surface area contributed by atoms with Crippen molar-refractivity contribution in [1.82, 2.24) is 18.9 Å². The maximum atomic E-state index is 14.2. The molecule has 1 unspecified atom stereocenters. The van der Waals surface area contributed by atoms with Crippen molar-refractivity contribution in [1.29, 1.82) is 21.0 Å². The lowest BCUT2D eigenvalue weighted by Gasteiger charge is -2.38. The van der Waals surface area contributed by atoms with Crippen LogP contribution in [0.5, 0.6) is 0 Å². The van der Waals surface area contributed by atoms with E-state index in [0.29, 0.717) is 12.8 Å². The molecule has 0 aromatic rings. The molecule has 0 saturated heterocycles. The molecule has 0 heterocycles. The number of nitrogens with zero attached hydrogens (tertiary/aromatic N) is 4. The molecule has 0 aliphatic heterocycles. The van der Waals surface area contributed by atoms with Crippen LogP contribution in [0.15, 0.2) is 0 Å². The topological polar surface area (TPSA) is 280 Å². The summed E-state index contributed by atoms with van der Waals surface area (Å²) in [4.78, 5) is 0. The molecule has 4 N–H and O–H groups in total. The van der Waals surface area contributed by atoms with Gasteiger partial charge in [0.15, 0.2) is 0 Å². The van der Waals surface area contributed by atoms with Gasteiger partial charge >= 0.3 is 3.41 Å². The van der Waals surface area contributed by atoms with Crippen molar-refractivity contribution in [2.45, 2.75) is 105 Å². The van der Waals surface area contributed by atoms with Gasteiger partial charge in [-0.2, -0.15) is 21.0 Å². The lowest BCUT2D eigenvalue weighted by molar-refractivity contribution is 0.491. The Kier molecular flexibility index (Phi) is 20.3. The molecule has 45 heavy (non-hydrogen) atoms. The quantitative estimate of drug-likeness (QED) is 0.0876. The molecule has 1 atom stereocenters. The van der Waals surface area contributed by atoms with Crippen LogP contribution in [0, 0.1) is 45.3 Å². The minimum absolute atomic E-state index is 0.0244. The van der Waals surface area contributed by atoms with Gasteiger partial charge in [-0.1, -0.05) is 39.0 Å². The molecule has 0 fully saturated rings. The second-order valence-electron chi connectivity index (χ2n) is 9.97. The van der Waals surface area contributed by atoms with Gasteiger partial charge in [-0.15, -0.1) is 0 Å². The third-order valence-electron chi connectivity index (χ3n) is 6.50. The van der Waals surface area contributed by atoms with Gasteiger partial charge in [0.1, 0.15) is 5.25 Å². The minimum Gasteiger partial charge on any atom is -0.215 e. The Bertz CT molecular complexity index is 1380. The number of hydrogen-bond donors (Lipinski definition) is 4. The Balaban J connectivity index is 7.69. The smallest absolute Gasteiger partial charge is 0.215 e. The van der Waals surface area contributed by atoms with E-state index in [2.05, 4.69) is 4.72 Å². The van der Waals surface area contributed by atoms with Gasteiger partial charge in [0.2, 0.25) is 10.0 Å². The number of hydrogen-bond acceptors (Lipinski definition) is 12. The van der Waals surface area contributed by atoms with Crippen LogP contribution in [0.2, 0.25) is 0 Å². The fourth-order valence-corrected chi connectivity index (χ4v) is 15.8. The predicted molar refractivity (Wildman–Crippen MR) is 167 cm³/mol. The van der Waals surface area contributed by atoms with E-state index in [1.165, 1.54) is 0 Å². The van der Waals surface area contributed by atoms with E-state index < -0.39 is 81.4 Å². The summed E-state index contributed by atoms with van der Waals surface area (Å²) in [6, 6.07) is 7.16. The van der Waals surface area contributed by atoms with Crippen molar-refractivity contribution in [2.24, 2.45) is 0 Å². The third kappa shape index (κ3) is 12.7. The summed E-state index contributed by atoms with van der Waals surface area (Å²) in [5.74, 6) is 0. The van der Waals surface area contributed by atoms with Crippen molar-refractivity contribution < 1.29 is 33.7 Å². The molecular weight excluding hydrogens is 669 g/mol. The molecule has 16 nitrogen and oxygen atoms in total. The van der Waals surface area contributed by atoms with Gasteiger partial charge in [-0.25, -0.2) is 52.6 Å². The number of nitrogens with one attached hydrogen (secondary N) is 4. The van der Waals surface area contributed by atoms with E-state index in [1.54, 1.807) is 18.2 Å². The fourth-order valence-electron chi connectivity index (χ4n) is 4.31.